The highest BCUT2D eigenvalue weighted by Crippen LogP contribution is 2.30. The maximum Gasteiger partial charge on any atom is 0.161 e. The van der Waals surface area contributed by atoms with Crippen molar-refractivity contribution in [1.29, 1.82) is 0 Å². The third kappa shape index (κ3) is 3.42. The minimum Gasteiger partial charge on any atom is -0.495 e. The summed E-state index contributed by atoms with van der Waals surface area (Å²) in [5.74, 6) is 1.92. The number of methoxy groups -OCH3 is 1. The minimum atomic E-state index is 0.0348. The minimum absolute atomic E-state index is 0.0348. The maximum absolute atomic E-state index is 5.28. The van der Waals surface area contributed by atoms with Gasteiger partial charge in [0.15, 0.2) is 5.17 Å². The molecule has 0 saturated carbocycles. The summed E-state index contributed by atoms with van der Waals surface area (Å²) in [7, 11) is 1.67. The number of nitrogens with zero attached hydrogens (tertiary/aromatic N) is 1. The van der Waals surface area contributed by atoms with E-state index in [1.54, 1.807) is 18.9 Å². The lowest BCUT2D eigenvalue weighted by molar-refractivity contribution is 0.412. The summed E-state index contributed by atoms with van der Waals surface area (Å²) in [6, 6.07) is 5.95. The normalized spacial score (nSPS) is 18.1. The van der Waals surface area contributed by atoms with Crippen molar-refractivity contribution in [3.63, 3.8) is 0 Å². The zero-order valence-corrected chi connectivity index (χ0v) is 13.2. The highest BCUT2D eigenvalue weighted by atomic mass is 79.9. The molecule has 0 atom stereocenters. The van der Waals surface area contributed by atoms with Gasteiger partial charge in [0.2, 0.25) is 0 Å². The molecule has 0 aromatic heterocycles. The van der Waals surface area contributed by atoms with Crippen LogP contribution in [0.15, 0.2) is 27.7 Å². The van der Waals surface area contributed by atoms with E-state index >= 15 is 0 Å². The van der Waals surface area contributed by atoms with Crippen molar-refractivity contribution in [1.82, 2.24) is 0 Å². The van der Waals surface area contributed by atoms with Gasteiger partial charge in [-0.25, -0.2) is 0 Å². The molecule has 1 aromatic rings. The fraction of sp³-hybridized carbons (Fsp3) is 0.462. The number of aliphatic imine (C=N–C) groups is 1. The summed E-state index contributed by atoms with van der Waals surface area (Å²) in [6.45, 7) is 4.33. The molecule has 1 aliphatic rings. The second kappa shape index (κ2) is 5.53. The highest BCUT2D eigenvalue weighted by Gasteiger charge is 2.22. The number of nitrogens with one attached hydrogen (secondary N) is 1. The van der Waals surface area contributed by atoms with Crippen LogP contribution in [0.3, 0.4) is 0 Å². The van der Waals surface area contributed by atoms with Crippen LogP contribution in [-0.2, 0) is 0 Å². The van der Waals surface area contributed by atoms with E-state index in [1.807, 2.05) is 18.2 Å². The average molecular weight is 329 g/mol. The molecule has 0 spiro atoms. The number of anilines is 1. The maximum atomic E-state index is 5.28. The molecule has 2 rings (SSSR count). The van der Waals surface area contributed by atoms with Crippen molar-refractivity contribution in [3.8, 4) is 5.75 Å². The number of hydrogen-bond donors (Lipinski definition) is 1. The predicted molar refractivity (Wildman–Crippen MR) is 82.9 cm³/mol. The molecular weight excluding hydrogens is 312 g/mol. The summed E-state index contributed by atoms with van der Waals surface area (Å²) in [6.07, 6.45) is 1.12. The van der Waals surface area contributed by atoms with Crippen molar-refractivity contribution in [2.45, 2.75) is 25.8 Å². The van der Waals surface area contributed by atoms with Crippen LogP contribution in [0.4, 0.5) is 5.69 Å². The number of halogens is 1. The molecule has 0 bridgehead atoms. The molecule has 0 aliphatic carbocycles. The SMILES string of the molecule is COc1cc(NC2=NC(C)(C)CCS2)ccc1Br. The Morgan fingerprint density at radius 3 is 2.89 bits per heavy atom. The molecule has 0 amide bonds. The van der Waals surface area contributed by atoms with Crippen LogP contribution in [0.5, 0.6) is 5.75 Å². The van der Waals surface area contributed by atoms with Crippen molar-refractivity contribution >= 4 is 38.5 Å². The summed E-state index contributed by atoms with van der Waals surface area (Å²) in [5.41, 5.74) is 1.03. The van der Waals surface area contributed by atoms with Gasteiger partial charge in [0.05, 0.1) is 17.1 Å². The van der Waals surface area contributed by atoms with Gasteiger partial charge in [0.1, 0.15) is 5.75 Å². The van der Waals surface area contributed by atoms with Gasteiger partial charge >= 0.3 is 0 Å². The molecule has 0 saturated heterocycles. The standard InChI is InChI=1S/C13H17BrN2OS/c1-13(2)6-7-18-12(16-13)15-9-4-5-10(14)11(8-9)17-3/h4-5,8H,6-7H2,1-3H3,(H,15,16). The predicted octanol–water partition coefficient (Wildman–Crippen LogP) is 4.14. The number of benzene rings is 1. The van der Waals surface area contributed by atoms with E-state index in [-0.39, 0.29) is 5.54 Å². The highest BCUT2D eigenvalue weighted by molar-refractivity contribution is 9.10. The number of thioether (sulfide) groups is 1. The van der Waals surface area contributed by atoms with E-state index in [4.69, 9.17) is 9.73 Å². The van der Waals surface area contributed by atoms with Crippen molar-refractivity contribution in [2.24, 2.45) is 4.99 Å². The lowest BCUT2D eigenvalue weighted by Gasteiger charge is -2.26. The Kier molecular flexibility index (Phi) is 4.22. The van der Waals surface area contributed by atoms with Crippen molar-refractivity contribution in [2.75, 3.05) is 18.2 Å². The third-order valence-electron chi connectivity index (χ3n) is 2.76. The Hall–Kier alpha value is -0.680. The van der Waals surface area contributed by atoms with Crippen LogP contribution in [0.2, 0.25) is 0 Å². The van der Waals surface area contributed by atoms with Gasteiger partial charge in [-0.05, 0) is 48.3 Å². The van der Waals surface area contributed by atoms with Crippen LogP contribution >= 0.6 is 27.7 Å². The largest absolute Gasteiger partial charge is 0.495 e. The van der Waals surface area contributed by atoms with Crippen LogP contribution in [0, 0.1) is 0 Å². The molecule has 98 valence electrons. The van der Waals surface area contributed by atoms with Crippen molar-refractivity contribution < 1.29 is 4.74 Å². The van der Waals surface area contributed by atoms with Gasteiger partial charge < -0.3 is 10.1 Å². The molecule has 1 aromatic carbocycles. The van der Waals surface area contributed by atoms with E-state index in [0.29, 0.717) is 0 Å². The monoisotopic (exact) mass is 328 g/mol. The zero-order valence-electron chi connectivity index (χ0n) is 10.8. The Labute approximate surface area is 121 Å². The number of hydrogen-bond acceptors (Lipinski definition) is 4. The molecule has 0 unspecified atom stereocenters. The Morgan fingerprint density at radius 2 is 2.22 bits per heavy atom. The molecule has 1 N–H and O–H groups in total. The van der Waals surface area contributed by atoms with Gasteiger partial charge in [0, 0.05) is 17.5 Å². The van der Waals surface area contributed by atoms with Crippen LogP contribution in [-0.4, -0.2) is 23.6 Å². The number of rotatable bonds is 2. The molecule has 3 nitrogen and oxygen atoms in total. The van der Waals surface area contributed by atoms with E-state index in [2.05, 4.69) is 35.1 Å². The smallest absolute Gasteiger partial charge is 0.161 e. The van der Waals surface area contributed by atoms with Gasteiger partial charge in [-0.2, -0.15) is 0 Å². The first kappa shape index (κ1) is 13.7. The first-order valence-electron chi connectivity index (χ1n) is 5.83. The van der Waals surface area contributed by atoms with Gasteiger partial charge in [-0.3, -0.25) is 4.99 Å². The molecular formula is C13H17BrN2OS. The number of amidine groups is 1. The van der Waals surface area contributed by atoms with Gasteiger partial charge in [0.25, 0.3) is 0 Å². The lowest BCUT2D eigenvalue weighted by Crippen LogP contribution is -2.27. The summed E-state index contributed by atoms with van der Waals surface area (Å²) < 4.78 is 6.24. The molecule has 1 heterocycles. The fourth-order valence-electron chi connectivity index (χ4n) is 1.69. The van der Waals surface area contributed by atoms with E-state index in [0.717, 1.165) is 33.3 Å². The summed E-state index contributed by atoms with van der Waals surface area (Å²) >= 11 is 5.21. The average Bonchev–Trinajstić information content (AvgIpc) is 2.30. The topological polar surface area (TPSA) is 33.6 Å². The van der Waals surface area contributed by atoms with E-state index < -0.39 is 0 Å². The second-order valence-electron chi connectivity index (χ2n) is 4.80. The summed E-state index contributed by atoms with van der Waals surface area (Å²) in [5, 5.41) is 4.33. The zero-order chi connectivity index (χ0) is 13.2. The fourth-order valence-corrected chi connectivity index (χ4v) is 3.39. The quantitative estimate of drug-likeness (QED) is 0.885. The van der Waals surface area contributed by atoms with Gasteiger partial charge in [-0.15, -0.1) is 0 Å². The molecule has 18 heavy (non-hydrogen) atoms. The second-order valence-corrected chi connectivity index (χ2v) is 6.74. The van der Waals surface area contributed by atoms with Crippen LogP contribution in [0.1, 0.15) is 20.3 Å². The number of ether oxygens (including phenoxy) is 1. The molecule has 0 fully saturated rings. The van der Waals surface area contributed by atoms with E-state index in [1.165, 1.54) is 0 Å². The third-order valence-corrected chi connectivity index (χ3v) is 4.29. The first-order chi connectivity index (χ1) is 8.50. The van der Waals surface area contributed by atoms with Gasteiger partial charge in [-0.1, -0.05) is 11.8 Å². The molecule has 5 heteroatoms. The van der Waals surface area contributed by atoms with Crippen LogP contribution < -0.4 is 10.1 Å². The summed E-state index contributed by atoms with van der Waals surface area (Å²) in [4.78, 5) is 4.70. The van der Waals surface area contributed by atoms with E-state index in [9.17, 15) is 0 Å². The Bertz CT molecular complexity index is 474. The molecule has 0 radical (unpaired) electrons. The molecule has 1 aliphatic heterocycles. The Balaban J connectivity index is 2.17. The Morgan fingerprint density at radius 1 is 1.44 bits per heavy atom. The lowest BCUT2D eigenvalue weighted by atomic mass is 10.0. The van der Waals surface area contributed by atoms with Crippen molar-refractivity contribution in [3.05, 3.63) is 22.7 Å². The first-order valence-corrected chi connectivity index (χ1v) is 7.61. The van der Waals surface area contributed by atoms with Crippen LogP contribution in [0.25, 0.3) is 0 Å².